The van der Waals surface area contributed by atoms with Crippen LogP contribution in [0.15, 0.2) is 30.3 Å². The van der Waals surface area contributed by atoms with Crippen LogP contribution in [0.4, 0.5) is 9.59 Å². The van der Waals surface area contributed by atoms with Crippen molar-refractivity contribution in [2.45, 2.75) is 0 Å². The molecule has 0 heterocycles. The Hall–Kier alpha value is -2.28. The summed E-state index contributed by atoms with van der Waals surface area (Å²) in [4.78, 5) is 22.3. The maximum absolute atomic E-state index is 11.3. The predicted octanol–water partition coefficient (Wildman–Crippen LogP) is 0.493. The van der Waals surface area contributed by atoms with Crippen LogP contribution in [0.1, 0.15) is 0 Å². The van der Waals surface area contributed by atoms with Crippen molar-refractivity contribution in [1.82, 2.24) is 10.6 Å². The third kappa shape index (κ3) is 6.89. The van der Waals surface area contributed by atoms with Gasteiger partial charge in [-0.25, -0.2) is 9.59 Å². The van der Waals surface area contributed by atoms with E-state index in [4.69, 9.17) is 14.6 Å². The van der Waals surface area contributed by atoms with Gasteiger partial charge in [0.1, 0.15) is 12.4 Å². The number of carbonyl (C=O) groups is 2. The van der Waals surface area contributed by atoms with Crippen LogP contribution in [-0.2, 0) is 4.74 Å². The van der Waals surface area contributed by atoms with Crippen LogP contribution in [0.25, 0.3) is 0 Å². The minimum absolute atomic E-state index is 0.0150. The second kappa shape index (κ2) is 8.76. The zero-order valence-electron chi connectivity index (χ0n) is 10.3. The summed E-state index contributed by atoms with van der Waals surface area (Å²) >= 11 is 0. The normalized spacial score (nSPS) is 9.53. The molecule has 1 rings (SSSR count). The molecule has 104 valence electrons. The third-order valence-corrected chi connectivity index (χ3v) is 1.94. The fourth-order valence-corrected chi connectivity index (χ4v) is 1.14. The van der Waals surface area contributed by atoms with Crippen molar-refractivity contribution in [1.29, 1.82) is 0 Å². The van der Waals surface area contributed by atoms with E-state index in [0.29, 0.717) is 5.75 Å². The highest BCUT2D eigenvalue weighted by Gasteiger charge is 2.04. The minimum atomic E-state index is -0.646. The van der Waals surface area contributed by atoms with E-state index in [9.17, 15) is 9.59 Å². The lowest BCUT2D eigenvalue weighted by atomic mass is 10.3. The van der Waals surface area contributed by atoms with E-state index in [-0.39, 0.29) is 26.3 Å². The number of benzene rings is 1. The van der Waals surface area contributed by atoms with Crippen LogP contribution in [0.3, 0.4) is 0 Å². The highest BCUT2D eigenvalue weighted by Crippen LogP contribution is 2.07. The Labute approximate surface area is 110 Å². The van der Waals surface area contributed by atoms with E-state index >= 15 is 0 Å². The lowest BCUT2D eigenvalue weighted by Gasteiger charge is -2.07. The van der Waals surface area contributed by atoms with E-state index < -0.39 is 12.2 Å². The molecule has 0 atom stereocenters. The van der Waals surface area contributed by atoms with Crippen molar-refractivity contribution in [3.05, 3.63) is 30.3 Å². The highest BCUT2D eigenvalue weighted by molar-refractivity contribution is 5.70. The summed E-state index contributed by atoms with van der Waals surface area (Å²) in [5.74, 6) is 0.432. The molecule has 0 fully saturated rings. The first-order valence-corrected chi connectivity index (χ1v) is 5.74. The Balaban J connectivity index is 2.09. The summed E-state index contributed by atoms with van der Waals surface area (Å²) in [5, 5.41) is 13.2. The van der Waals surface area contributed by atoms with Crippen molar-refractivity contribution in [2.24, 2.45) is 0 Å². The Morgan fingerprint density at radius 3 is 2.42 bits per heavy atom. The first-order valence-electron chi connectivity index (χ1n) is 5.74. The van der Waals surface area contributed by atoms with Gasteiger partial charge in [-0.3, -0.25) is 0 Å². The molecule has 0 aromatic heterocycles. The zero-order chi connectivity index (χ0) is 13.9. The van der Waals surface area contributed by atoms with Gasteiger partial charge in [0.15, 0.2) is 0 Å². The van der Waals surface area contributed by atoms with Gasteiger partial charge < -0.3 is 25.2 Å². The average Bonchev–Trinajstić information content (AvgIpc) is 2.42. The van der Waals surface area contributed by atoms with Crippen molar-refractivity contribution in [3.63, 3.8) is 0 Å². The Morgan fingerprint density at radius 2 is 1.74 bits per heavy atom. The number of amides is 2. The number of hydrogen-bond acceptors (Lipinski definition) is 5. The van der Waals surface area contributed by atoms with Crippen molar-refractivity contribution in [3.8, 4) is 5.75 Å². The predicted molar refractivity (Wildman–Crippen MR) is 66.9 cm³/mol. The van der Waals surface area contributed by atoms with Gasteiger partial charge in [0.25, 0.3) is 0 Å². The molecule has 7 nitrogen and oxygen atoms in total. The van der Waals surface area contributed by atoms with Crippen molar-refractivity contribution >= 4 is 12.2 Å². The zero-order valence-corrected chi connectivity index (χ0v) is 10.3. The Morgan fingerprint density at radius 1 is 1.05 bits per heavy atom. The molecule has 0 aliphatic carbocycles. The second-order valence-corrected chi connectivity index (χ2v) is 3.42. The SMILES string of the molecule is O=C(NCCO)OCCNC(=O)Oc1ccccc1. The maximum Gasteiger partial charge on any atom is 0.412 e. The van der Waals surface area contributed by atoms with Crippen LogP contribution in [-0.4, -0.2) is 43.6 Å². The quantitative estimate of drug-likeness (QED) is 0.652. The number of alkyl carbamates (subject to hydrolysis) is 1. The summed E-state index contributed by atoms with van der Waals surface area (Å²) in [5.41, 5.74) is 0. The Bertz CT molecular complexity index is 396. The van der Waals surface area contributed by atoms with Crippen molar-refractivity contribution < 1.29 is 24.2 Å². The van der Waals surface area contributed by atoms with Crippen LogP contribution >= 0.6 is 0 Å². The standard InChI is InChI=1S/C12H16N2O5/c15-8-6-13-11(16)18-9-7-14-12(17)19-10-4-2-1-3-5-10/h1-5,15H,6-9H2,(H,13,16)(H,14,17). The van der Waals surface area contributed by atoms with Gasteiger partial charge in [0.05, 0.1) is 13.2 Å². The fourth-order valence-electron chi connectivity index (χ4n) is 1.14. The van der Waals surface area contributed by atoms with Gasteiger partial charge in [0.2, 0.25) is 0 Å². The van der Waals surface area contributed by atoms with E-state index in [1.807, 2.05) is 6.07 Å². The van der Waals surface area contributed by atoms with E-state index in [2.05, 4.69) is 10.6 Å². The molecular weight excluding hydrogens is 252 g/mol. The van der Waals surface area contributed by atoms with Crippen LogP contribution in [0, 0.1) is 0 Å². The largest absolute Gasteiger partial charge is 0.448 e. The van der Waals surface area contributed by atoms with Gasteiger partial charge in [-0.05, 0) is 12.1 Å². The molecule has 1 aromatic carbocycles. The number of carbonyl (C=O) groups excluding carboxylic acids is 2. The van der Waals surface area contributed by atoms with E-state index in [1.165, 1.54) is 0 Å². The minimum Gasteiger partial charge on any atom is -0.448 e. The molecule has 1 aromatic rings. The molecule has 0 radical (unpaired) electrons. The van der Waals surface area contributed by atoms with Crippen LogP contribution in [0.2, 0.25) is 0 Å². The number of hydrogen-bond donors (Lipinski definition) is 3. The summed E-state index contributed by atoms with van der Waals surface area (Å²) in [6, 6.07) is 8.61. The molecule has 19 heavy (non-hydrogen) atoms. The summed E-state index contributed by atoms with van der Waals surface area (Å²) < 4.78 is 9.66. The second-order valence-electron chi connectivity index (χ2n) is 3.42. The van der Waals surface area contributed by atoms with E-state index in [1.54, 1.807) is 24.3 Å². The number of nitrogens with one attached hydrogen (secondary N) is 2. The molecule has 0 saturated heterocycles. The number of aliphatic hydroxyl groups is 1. The smallest absolute Gasteiger partial charge is 0.412 e. The maximum atomic E-state index is 11.3. The first kappa shape index (κ1) is 14.8. The monoisotopic (exact) mass is 268 g/mol. The molecule has 0 spiro atoms. The van der Waals surface area contributed by atoms with Crippen LogP contribution in [0.5, 0.6) is 5.75 Å². The number of para-hydroxylation sites is 1. The first-order chi connectivity index (χ1) is 9.22. The third-order valence-electron chi connectivity index (χ3n) is 1.94. The average molecular weight is 268 g/mol. The van der Waals surface area contributed by atoms with Gasteiger partial charge >= 0.3 is 12.2 Å². The lowest BCUT2D eigenvalue weighted by Crippen LogP contribution is -2.33. The lowest BCUT2D eigenvalue weighted by molar-refractivity contribution is 0.142. The number of ether oxygens (including phenoxy) is 2. The van der Waals surface area contributed by atoms with Gasteiger partial charge in [-0.2, -0.15) is 0 Å². The fraction of sp³-hybridized carbons (Fsp3) is 0.333. The molecule has 3 N–H and O–H groups in total. The number of rotatable bonds is 6. The topological polar surface area (TPSA) is 96.9 Å². The van der Waals surface area contributed by atoms with Crippen molar-refractivity contribution in [2.75, 3.05) is 26.3 Å². The van der Waals surface area contributed by atoms with Crippen LogP contribution < -0.4 is 15.4 Å². The molecule has 0 saturated carbocycles. The number of aliphatic hydroxyl groups excluding tert-OH is 1. The molecule has 0 bridgehead atoms. The van der Waals surface area contributed by atoms with E-state index in [0.717, 1.165) is 0 Å². The molecule has 0 unspecified atom stereocenters. The molecule has 7 heteroatoms. The summed E-state index contributed by atoms with van der Waals surface area (Å²) in [7, 11) is 0. The summed E-state index contributed by atoms with van der Waals surface area (Å²) in [6.07, 6.45) is -1.27. The van der Waals surface area contributed by atoms with Gasteiger partial charge in [0, 0.05) is 6.54 Å². The van der Waals surface area contributed by atoms with Gasteiger partial charge in [-0.15, -0.1) is 0 Å². The molecule has 0 aliphatic heterocycles. The van der Waals surface area contributed by atoms with Gasteiger partial charge in [-0.1, -0.05) is 18.2 Å². The Kier molecular flexibility index (Phi) is 6.81. The molecular formula is C12H16N2O5. The molecule has 0 aliphatic rings. The summed E-state index contributed by atoms with van der Waals surface area (Å²) in [6.45, 7) is 0.123. The molecule has 2 amide bonds. The highest BCUT2D eigenvalue weighted by atomic mass is 16.6.